The molecule has 0 saturated carbocycles. The van der Waals surface area contributed by atoms with Gasteiger partial charge in [-0.25, -0.2) is 0 Å². The summed E-state index contributed by atoms with van der Waals surface area (Å²) in [4.78, 5) is 29.8. The van der Waals surface area contributed by atoms with Gasteiger partial charge in [-0.05, 0) is 44.0 Å². The second-order valence-corrected chi connectivity index (χ2v) is 14.1. The Morgan fingerprint density at radius 2 is 1.18 bits per heavy atom. The van der Waals surface area contributed by atoms with Crippen LogP contribution >= 0.6 is 77.7 Å². The number of fused-ring (bicyclic) bond motifs is 2. The summed E-state index contributed by atoms with van der Waals surface area (Å²) in [5, 5.41) is 12.4. The Morgan fingerprint density at radius 3 is 1.60 bits per heavy atom. The van der Waals surface area contributed by atoms with Gasteiger partial charge in [-0.15, -0.1) is 22.7 Å². The number of aromatic hydroxyl groups is 1. The fraction of sp³-hybridized carbons (Fsp3) is 0.379. The van der Waals surface area contributed by atoms with Crippen LogP contribution in [-0.2, 0) is 9.47 Å². The minimum Gasteiger partial charge on any atom is -0.503 e. The molecule has 2 fully saturated rings. The van der Waals surface area contributed by atoms with E-state index in [0.717, 1.165) is 19.3 Å². The van der Waals surface area contributed by atoms with Crippen molar-refractivity contribution in [3.05, 3.63) is 40.9 Å². The van der Waals surface area contributed by atoms with Gasteiger partial charge in [0.05, 0.1) is 76.1 Å². The number of thiophene rings is 2. The van der Waals surface area contributed by atoms with E-state index in [1.165, 1.54) is 29.8 Å². The molecule has 4 heterocycles. The maximum atomic E-state index is 12.7. The number of benzene rings is 2. The molecule has 6 rings (SSSR count). The Balaban J connectivity index is 0.000000178. The fourth-order valence-corrected chi connectivity index (χ4v) is 9.27. The number of hydrogen-bond donors (Lipinski definition) is 1. The van der Waals surface area contributed by atoms with E-state index in [9.17, 15) is 14.7 Å². The van der Waals surface area contributed by atoms with Crippen LogP contribution in [-0.4, -0.2) is 101 Å². The number of methoxy groups -OCH3 is 3. The van der Waals surface area contributed by atoms with Gasteiger partial charge in [-0.3, -0.25) is 9.59 Å². The first-order valence-corrected chi connectivity index (χ1v) is 17.5. The van der Waals surface area contributed by atoms with E-state index in [1.807, 2.05) is 0 Å². The summed E-state index contributed by atoms with van der Waals surface area (Å²) in [6.45, 7) is 4.45. The third-order valence-corrected chi connectivity index (χ3v) is 12.7. The minimum atomic E-state index is -0.111. The van der Waals surface area contributed by atoms with Gasteiger partial charge in [-0.1, -0.05) is 23.2 Å². The van der Waals surface area contributed by atoms with Crippen LogP contribution in [0.2, 0.25) is 10.0 Å². The molecule has 0 bridgehead atoms. The van der Waals surface area contributed by atoms with Crippen molar-refractivity contribution in [3.63, 3.8) is 0 Å². The van der Waals surface area contributed by atoms with Gasteiger partial charge in [0.15, 0.2) is 23.0 Å². The van der Waals surface area contributed by atoms with Gasteiger partial charge >= 0.3 is 0 Å². The van der Waals surface area contributed by atoms with Crippen molar-refractivity contribution in [3.8, 4) is 23.0 Å². The highest BCUT2D eigenvalue weighted by Gasteiger charge is 2.28. The van der Waals surface area contributed by atoms with Crippen LogP contribution in [0.3, 0.4) is 0 Å². The van der Waals surface area contributed by atoms with E-state index in [-0.39, 0.29) is 17.6 Å². The largest absolute Gasteiger partial charge is 0.503 e. The van der Waals surface area contributed by atoms with Gasteiger partial charge in [0.25, 0.3) is 11.8 Å². The molecule has 0 unspecified atom stereocenters. The number of morpholine rings is 2. The Bertz CT molecular complexity index is 1750. The quantitative estimate of drug-likeness (QED) is 0.224. The van der Waals surface area contributed by atoms with Crippen molar-refractivity contribution in [2.75, 3.05) is 73.9 Å². The summed E-state index contributed by atoms with van der Waals surface area (Å²) in [6.07, 6.45) is 0. The molecule has 2 saturated heterocycles. The second kappa shape index (κ2) is 14.8. The summed E-state index contributed by atoms with van der Waals surface area (Å²) in [5.41, 5.74) is 0. The van der Waals surface area contributed by atoms with Crippen LogP contribution in [0.25, 0.3) is 20.2 Å². The number of hydrogen-bond acceptors (Lipinski definition) is 10. The Labute approximate surface area is 293 Å². The van der Waals surface area contributed by atoms with Crippen LogP contribution in [0, 0.1) is 0 Å². The molecular weight excluding hydrogens is 799 g/mol. The van der Waals surface area contributed by atoms with E-state index < -0.39 is 0 Å². The van der Waals surface area contributed by atoms with Gasteiger partial charge in [0.1, 0.15) is 9.75 Å². The molecule has 10 nitrogen and oxygen atoms in total. The van der Waals surface area contributed by atoms with Gasteiger partial charge in [0, 0.05) is 37.0 Å². The number of rotatable bonds is 5. The molecule has 2 amide bonds. The Kier molecular flexibility index (Phi) is 11.3. The van der Waals surface area contributed by atoms with E-state index in [4.69, 9.17) is 46.9 Å². The first-order valence-electron chi connectivity index (χ1n) is 13.6. The normalized spacial score (nSPS) is 15.2. The highest BCUT2D eigenvalue weighted by atomic mass is 79.9. The van der Waals surface area contributed by atoms with Crippen LogP contribution in [0.5, 0.6) is 23.0 Å². The SMILES string of the molecule is COc1cc2c(Cl)c(C(=O)N3CCOCC3)sc2c(Br)c1O.COc1cc2c(Cl)c(C(=O)N3CCOCC3)sc2c(Br)c1OC. The zero-order valence-electron chi connectivity index (χ0n) is 24.3. The molecule has 45 heavy (non-hydrogen) atoms. The Hall–Kier alpha value is -2.04. The molecule has 0 atom stereocenters. The smallest absolute Gasteiger partial charge is 0.265 e. The zero-order valence-corrected chi connectivity index (χ0v) is 30.7. The zero-order chi connectivity index (χ0) is 32.4. The standard InChI is InChI=1S/C15H15BrClNO4S.C14H13BrClNO4S/c1-20-9-7-8-11(17)14(15(19)18-3-5-22-6-4-18)23-13(8)10(16)12(9)21-2;1-20-8-6-7-10(16)13(22-12(7)9(15)11(8)18)14(19)17-2-4-21-5-3-17/h7H,3-6H2,1-2H3;6,18H,2-5H2,1H3. The fourth-order valence-electron chi connectivity index (χ4n) is 4.85. The lowest BCUT2D eigenvalue weighted by atomic mass is 10.2. The number of ether oxygens (including phenoxy) is 5. The third-order valence-electron chi connectivity index (χ3n) is 7.21. The van der Waals surface area contributed by atoms with E-state index >= 15 is 0 Å². The Morgan fingerprint density at radius 1 is 0.756 bits per heavy atom. The number of amides is 2. The van der Waals surface area contributed by atoms with Crippen molar-refractivity contribution in [2.45, 2.75) is 0 Å². The average Bonchev–Trinajstić information content (AvgIpc) is 3.59. The number of halogens is 4. The van der Waals surface area contributed by atoms with Gasteiger partial charge in [0.2, 0.25) is 0 Å². The second-order valence-electron chi connectivity index (χ2n) is 9.72. The summed E-state index contributed by atoms with van der Waals surface area (Å²) < 4.78 is 29.2. The molecule has 242 valence electrons. The summed E-state index contributed by atoms with van der Waals surface area (Å²) >= 11 is 22.4. The molecule has 2 aliphatic rings. The maximum Gasteiger partial charge on any atom is 0.265 e. The van der Waals surface area contributed by atoms with Crippen molar-refractivity contribution < 1.29 is 38.4 Å². The number of phenols is 1. The molecule has 0 radical (unpaired) electrons. The highest BCUT2D eigenvalue weighted by molar-refractivity contribution is 9.11. The number of carbonyl (C=O) groups is 2. The molecule has 0 aliphatic carbocycles. The van der Waals surface area contributed by atoms with Crippen LogP contribution < -0.4 is 14.2 Å². The lowest BCUT2D eigenvalue weighted by Crippen LogP contribution is -2.40. The summed E-state index contributed by atoms with van der Waals surface area (Å²) in [6, 6.07) is 3.44. The molecule has 16 heteroatoms. The topological polar surface area (TPSA) is 107 Å². The first-order chi connectivity index (χ1) is 21.6. The average molecular weight is 827 g/mol. The van der Waals surface area contributed by atoms with Crippen molar-refractivity contribution in [1.82, 2.24) is 9.80 Å². The summed E-state index contributed by atoms with van der Waals surface area (Å²) in [5.74, 6) is 1.28. The molecule has 0 spiro atoms. The van der Waals surface area contributed by atoms with Crippen molar-refractivity contribution in [2.24, 2.45) is 0 Å². The minimum absolute atomic E-state index is 0.00159. The highest BCUT2D eigenvalue weighted by Crippen LogP contribution is 2.49. The molecule has 4 aromatic rings. The lowest BCUT2D eigenvalue weighted by Gasteiger charge is -2.26. The number of phenolic OH excluding ortho intramolecular Hbond substituents is 1. The molecule has 1 N–H and O–H groups in total. The number of carbonyl (C=O) groups excluding carboxylic acids is 2. The van der Waals surface area contributed by atoms with Gasteiger partial charge in [-0.2, -0.15) is 0 Å². The maximum absolute atomic E-state index is 12.7. The molecule has 2 aliphatic heterocycles. The predicted octanol–water partition coefficient (Wildman–Crippen LogP) is 7.31. The van der Waals surface area contributed by atoms with E-state index in [0.29, 0.717) is 99.5 Å². The van der Waals surface area contributed by atoms with Crippen LogP contribution in [0.1, 0.15) is 19.3 Å². The predicted molar refractivity (Wildman–Crippen MR) is 184 cm³/mol. The molecular formula is C29H28Br2Cl2N2O8S2. The van der Waals surface area contributed by atoms with Crippen molar-refractivity contribution in [1.29, 1.82) is 0 Å². The summed E-state index contributed by atoms with van der Waals surface area (Å²) in [7, 11) is 4.60. The molecule has 2 aromatic heterocycles. The third kappa shape index (κ3) is 6.71. The van der Waals surface area contributed by atoms with Crippen LogP contribution in [0.15, 0.2) is 21.1 Å². The first kappa shape index (κ1) is 34.3. The van der Waals surface area contributed by atoms with E-state index in [2.05, 4.69) is 31.9 Å². The lowest BCUT2D eigenvalue weighted by molar-refractivity contribution is 0.0304. The van der Waals surface area contributed by atoms with Gasteiger partial charge < -0.3 is 38.6 Å². The van der Waals surface area contributed by atoms with E-state index in [1.54, 1.807) is 36.2 Å². The number of nitrogens with zero attached hydrogens (tertiary/aromatic N) is 2. The monoisotopic (exact) mass is 824 g/mol. The van der Waals surface area contributed by atoms with Crippen LogP contribution in [0.4, 0.5) is 0 Å². The molecule has 2 aromatic carbocycles. The van der Waals surface area contributed by atoms with Crippen molar-refractivity contribution >= 4 is 110 Å².